The minimum absolute atomic E-state index is 0.126. The number of aliphatic hydroxyl groups is 1. The molecule has 0 amide bonds. The molecule has 1 aliphatic heterocycles. The number of aliphatic hydroxyl groups excluding tert-OH is 1. The number of pyridine rings is 1. The lowest BCUT2D eigenvalue weighted by atomic mass is 10.0. The van der Waals surface area contributed by atoms with E-state index in [1.807, 2.05) is 7.05 Å². The van der Waals surface area contributed by atoms with Crippen LogP contribution in [0.5, 0.6) is 0 Å². The van der Waals surface area contributed by atoms with Crippen LogP contribution in [0.3, 0.4) is 0 Å². The molecule has 1 N–H and O–H groups in total. The SMILES string of the molecule is CC(=O)c1ccc(-c2nc3cc(C(O)C(F)(F)F)ccn3c2CC2CN(C)CCO2)c(F)c1. The molecule has 0 bridgehead atoms. The molecule has 3 heterocycles. The number of nitrogens with zero attached hydrogens (tertiary/aromatic N) is 3. The predicted molar refractivity (Wildman–Crippen MR) is 113 cm³/mol. The molecule has 2 unspecified atom stereocenters. The van der Waals surface area contributed by atoms with Gasteiger partial charge in [0, 0.05) is 36.8 Å². The van der Waals surface area contributed by atoms with Gasteiger partial charge in [-0.05, 0) is 43.8 Å². The van der Waals surface area contributed by atoms with E-state index in [4.69, 9.17) is 4.74 Å². The first-order valence-corrected chi connectivity index (χ1v) is 10.4. The lowest BCUT2D eigenvalue weighted by Gasteiger charge is -2.30. The van der Waals surface area contributed by atoms with Crippen molar-refractivity contribution in [2.24, 2.45) is 0 Å². The first-order chi connectivity index (χ1) is 15.5. The number of carbonyl (C=O) groups excluding carboxylic acids is 1. The zero-order valence-corrected chi connectivity index (χ0v) is 18.1. The Kier molecular flexibility index (Phi) is 6.26. The highest BCUT2D eigenvalue weighted by Gasteiger charge is 2.39. The van der Waals surface area contributed by atoms with Crippen molar-refractivity contribution in [1.82, 2.24) is 14.3 Å². The van der Waals surface area contributed by atoms with Gasteiger partial charge in [0.05, 0.1) is 24.1 Å². The summed E-state index contributed by atoms with van der Waals surface area (Å²) in [5.74, 6) is -0.954. The van der Waals surface area contributed by atoms with E-state index in [1.165, 1.54) is 31.3 Å². The predicted octanol–water partition coefficient (Wildman–Crippen LogP) is 3.81. The van der Waals surface area contributed by atoms with Crippen LogP contribution in [0.15, 0.2) is 36.5 Å². The number of aromatic nitrogens is 2. The van der Waals surface area contributed by atoms with Crippen LogP contribution in [0.1, 0.15) is 34.6 Å². The Labute approximate surface area is 187 Å². The molecule has 10 heteroatoms. The number of Topliss-reactive ketones (excluding diaryl/α,β-unsaturated/α-hetero) is 1. The molecule has 6 nitrogen and oxygen atoms in total. The van der Waals surface area contributed by atoms with Gasteiger partial charge in [-0.3, -0.25) is 4.79 Å². The molecule has 1 aromatic carbocycles. The van der Waals surface area contributed by atoms with Crippen molar-refractivity contribution in [3.05, 3.63) is 59.2 Å². The summed E-state index contributed by atoms with van der Waals surface area (Å²) in [6, 6.07) is 6.36. The molecule has 1 saturated heterocycles. The quantitative estimate of drug-likeness (QED) is 0.459. The first kappa shape index (κ1) is 23.3. The normalized spacial score (nSPS) is 18.6. The Morgan fingerprint density at radius 1 is 1.30 bits per heavy atom. The summed E-state index contributed by atoms with van der Waals surface area (Å²) in [4.78, 5) is 18.1. The first-order valence-electron chi connectivity index (χ1n) is 10.4. The summed E-state index contributed by atoms with van der Waals surface area (Å²) in [7, 11) is 1.95. The van der Waals surface area contributed by atoms with Gasteiger partial charge in [0.25, 0.3) is 0 Å². The number of morpholine rings is 1. The van der Waals surface area contributed by atoms with Crippen LogP contribution in [0.25, 0.3) is 16.9 Å². The maximum Gasteiger partial charge on any atom is 0.418 e. The highest BCUT2D eigenvalue weighted by atomic mass is 19.4. The number of alkyl halides is 3. The van der Waals surface area contributed by atoms with Gasteiger partial charge in [0.1, 0.15) is 11.5 Å². The van der Waals surface area contributed by atoms with Gasteiger partial charge in [0.15, 0.2) is 11.9 Å². The van der Waals surface area contributed by atoms with Gasteiger partial charge in [-0.15, -0.1) is 0 Å². The Balaban J connectivity index is 1.83. The van der Waals surface area contributed by atoms with Crippen LogP contribution in [0, 0.1) is 5.82 Å². The van der Waals surface area contributed by atoms with Crippen molar-refractivity contribution in [3.8, 4) is 11.3 Å². The topological polar surface area (TPSA) is 67.1 Å². The highest BCUT2D eigenvalue weighted by molar-refractivity contribution is 5.94. The second-order valence-corrected chi connectivity index (χ2v) is 8.25. The van der Waals surface area contributed by atoms with Gasteiger partial charge in [-0.1, -0.05) is 6.07 Å². The van der Waals surface area contributed by atoms with E-state index in [0.29, 0.717) is 25.3 Å². The summed E-state index contributed by atoms with van der Waals surface area (Å²) in [5, 5.41) is 9.65. The summed E-state index contributed by atoms with van der Waals surface area (Å²) in [6.07, 6.45) is -5.97. The van der Waals surface area contributed by atoms with Crippen molar-refractivity contribution >= 4 is 11.4 Å². The van der Waals surface area contributed by atoms with Gasteiger partial charge >= 0.3 is 6.18 Å². The summed E-state index contributed by atoms with van der Waals surface area (Å²) in [6.45, 7) is 3.26. The minimum Gasteiger partial charge on any atom is -0.379 e. The van der Waals surface area contributed by atoms with Crippen LogP contribution in [-0.4, -0.2) is 64.2 Å². The van der Waals surface area contributed by atoms with Gasteiger partial charge in [-0.2, -0.15) is 13.2 Å². The molecular weight excluding hydrogens is 442 g/mol. The Bertz CT molecular complexity index is 1190. The van der Waals surface area contributed by atoms with E-state index >= 15 is 0 Å². The zero-order valence-electron chi connectivity index (χ0n) is 18.1. The molecule has 2 aromatic heterocycles. The maximum absolute atomic E-state index is 15.0. The molecule has 0 radical (unpaired) electrons. The van der Waals surface area contributed by atoms with Crippen LogP contribution >= 0.6 is 0 Å². The number of fused-ring (bicyclic) bond motifs is 1. The molecule has 2 atom stereocenters. The molecule has 176 valence electrons. The number of halogens is 4. The molecule has 3 aromatic rings. The van der Waals surface area contributed by atoms with E-state index in [0.717, 1.165) is 18.7 Å². The van der Waals surface area contributed by atoms with Crippen molar-refractivity contribution in [2.45, 2.75) is 31.7 Å². The third kappa shape index (κ3) is 4.78. The van der Waals surface area contributed by atoms with Crippen LogP contribution < -0.4 is 0 Å². The van der Waals surface area contributed by atoms with Crippen molar-refractivity contribution in [2.75, 3.05) is 26.7 Å². The summed E-state index contributed by atoms with van der Waals surface area (Å²) < 4.78 is 61.4. The third-order valence-electron chi connectivity index (χ3n) is 5.77. The standard InChI is InChI=1S/C23H23F4N3O3/c1-13(31)14-3-4-17(18(24)9-14)21-19(11-16-12-29(2)7-8-33-16)30-6-5-15(10-20(30)28-21)22(32)23(25,26)27/h3-6,9-10,16,22,32H,7-8,11-12H2,1-2H3. The number of likely N-dealkylation sites (N-methyl/N-ethyl adjacent to an activating group) is 1. The largest absolute Gasteiger partial charge is 0.418 e. The molecule has 4 rings (SSSR count). The smallest absolute Gasteiger partial charge is 0.379 e. The van der Waals surface area contributed by atoms with Gasteiger partial charge < -0.3 is 19.1 Å². The Morgan fingerprint density at radius 3 is 2.70 bits per heavy atom. The van der Waals surface area contributed by atoms with E-state index < -0.39 is 18.1 Å². The lowest BCUT2D eigenvalue weighted by Crippen LogP contribution is -2.41. The maximum atomic E-state index is 15.0. The average Bonchev–Trinajstić information content (AvgIpc) is 3.09. The number of rotatable bonds is 5. The fourth-order valence-corrected chi connectivity index (χ4v) is 4.01. The zero-order chi connectivity index (χ0) is 23.9. The second-order valence-electron chi connectivity index (χ2n) is 8.25. The molecule has 33 heavy (non-hydrogen) atoms. The average molecular weight is 465 g/mol. The van der Waals surface area contributed by atoms with E-state index in [2.05, 4.69) is 9.88 Å². The fraction of sp³-hybridized carbons (Fsp3) is 0.391. The van der Waals surface area contributed by atoms with Crippen molar-refractivity contribution in [3.63, 3.8) is 0 Å². The Hall–Kier alpha value is -2.82. The molecule has 0 aliphatic carbocycles. The lowest BCUT2D eigenvalue weighted by molar-refractivity contribution is -0.206. The molecule has 1 aliphatic rings. The highest BCUT2D eigenvalue weighted by Crippen LogP contribution is 2.34. The number of hydrogen-bond donors (Lipinski definition) is 1. The minimum atomic E-state index is -4.83. The summed E-state index contributed by atoms with van der Waals surface area (Å²) in [5.41, 5.74) is 0.917. The number of carbonyl (C=O) groups is 1. The molecule has 1 fully saturated rings. The third-order valence-corrected chi connectivity index (χ3v) is 5.77. The van der Waals surface area contributed by atoms with Crippen LogP contribution in [0.4, 0.5) is 17.6 Å². The summed E-state index contributed by atoms with van der Waals surface area (Å²) >= 11 is 0. The van der Waals surface area contributed by atoms with Crippen molar-refractivity contribution in [1.29, 1.82) is 0 Å². The van der Waals surface area contributed by atoms with Crippen LogP contribution in [0.2, 0.25) is 0 Å². The second kappa shape index (κ2) is 8.85. The van der Waals surface area contributed by atoms with Crippen molar-refractivity contribution < 1.29 is 32.2 Å². The van der Waals surface area contributed by atoms with E-state index in [1.54, 1.807) is 4.40 Å². The van der Waals surface area contributed by atoms with E-state index in [9.17, 15) is 27.5 Å². The molecule has 0 spiro atoms. The Morgan fingerprint density at radius 2 is 2.06 bits per heavy atom. The number of benzene rings is 1. The number of imidazole rings is 1. The molecular formula is C23H23F4N3O3. The monoisotopic (exact) mass is 465 g/mol. The fourth-order valence-electron chi connectivity index (χ4n) is 4.01. The number of ketones is 1. The number of hydrogen-bond acceptors (Lipinski definition) is 5. The van der Waals surface area contributed by atoms with Gasteiger partial charge in [-0.25, -0.2) is 9.37 Å². The van der Waals surface area contributed by atoms with E-state index in [-0.39, 0.29) is 39.9 Å². The molecule has 0 saturated carbocycles. The number of ether oxygens (including phenoxy) is 1. The van der Waals surface area contributed by atoms with Gasteiger partial charge in [0.2, 0.25) is 0 Å². The van der Waals surface area contributed by atoms with Crippen LogP contribution in [-0.2, 0) is 11.2 Å².